The van der Waals surface area contributed by atoms with Gasteiger partial charge in [0.05, 0.1) is 4.90 Å². The van der Waals surface area contributed by atoms with Crippen LogP contribution in [0, 0.1) is 0 Å². The molecule has 1 heterocycles. The average molecular weight is 427 g/mol. The van der Waals surface area contributed by atoms with E-state index in [1.54, 1.807) is 18.7 Å². The van der Waals surface area contributed by atoms with Gasteiger partial charge in [0, 0.05) is 25.2 Å². The minimum atomic E-state index is -3.80. The number of hydrogen-bond donors (Lipinski definition) is 1. The van der Waals surface area contributed by atoms with Gasteiger partial charge >= 0.3 is 5.97 Å². The van der Waals surface area contributed by atoms with Crippen molar-refractivity contribution in [1.29, 1.82) is 0 Å². The van der Waals surface area contributed by atoms with Crippen molar-refractivity contribution in [3.8, 4) is 5.75 Å². The van der Waals surface area contributed by atoms with E-state index >= 15 is 0 Å². The third-order valence-corrected chi connectivity index (χ3v) is 7.39. The van der Waals surface area contributed by atoms with Gasteiger partial charge in [-0.05, 0) is 51.3 Å². The molecule has 1 aliphatic heterocycles. The van der Waals surface area contributed by atoms with Gasteiger partial charge in [-0.3, -0.25) is 4.79 Å². The van der Waals surface area contributed by atoms with Crippen LogP contribution >= 0.6 is 0 Å². The average Bonchev–Trinajstić information content (AvgIpc) is 2.66. The molecule has 2 unspecified atom stereocenters. The molecule has 0 spiro atoms. The molecule has 1 aromatic rings. The fraction of sp³-hybridized carbons (Fsp3) is 0.600. The number of likely N-dealkylation sites (tertiary alicyclic amines) is 1. The number of nitrogens with zero attached hydrogens (tertiary/aromatic N) is 2. The van der Waals surface area contributed by atoms with Gasteiger partial charge in [-0.1, -0.05) is 13.8 Å². The molecule has 29 heavy (non-hydrogen) atoms. The quantitative estimate of drug-likeness (QED) is 0.671. The number of piperidine rings is 1. The molecule has 2 rings (SSSR count). The zero-order chi connectivity index (χ0) is 21.8. The molecule has 1 N–H and O–H groups in total. The summed E-state index contributed by atoms with van der Waals surface area (Å²) in [6.07, 6.45) is 2.85. The molecule has 0 aliphatic carbocycles. The molecule has 8 nitrogen and oxygen atoms in total. The fourth-order valence-corrected chi connectivity index (χ4v) is 5.23. The van der Waals surface area contributed by atoms with Crippen LogP contribution in [0.5, 0.6) is 5.75 Å². The van der Waals surface area contributed by atoms with Gasteiger partial charge in [-0.25, -0.2) is 13.2 Å². The zero-order valence-corrected chi connectivity index (χ0v) is 18.2. The van der Waals surface area contributed by atoms with Gasteiger partial charge in [0.1, 0.15) is 11.3 Å². The van der Waals surface area contributed by atoms with E-state index in [4.69, 9.17) is 4.74 Å². The predicted octanol–water partition coefficient (Wildman–Crippen LogP) is 2.37. The maximum Gasteiger partial charge on any atom is 0.342 e. The second-order valence-electron chi connectivity index (χ2n) is 7.27. The minimum Gasteiger partial charge on any atom is -0.507 e. The second-order valence-corrected chi connectivity index (χ2v) is 9.21. The highest BCUT2D eigenvalue weighted by Gasteiger charge is 2.30. The SMILES string of the molecule is CCN(CC)S(=O)(=O)c1ccc(O)c(C(=O)OCC(=O)N2C(C)CCCC2C)c1. The van der Waals surface area contributed by atoms with Crippen molar-refractivity contribution >= 4 is 21.9 Å². The molecule has 0 saturated carbocycles. The number of carbonyl (C=O) groups excluding carboxylic acids is 2. The van der Waals surface area contributed by atoms with Crippen molar-refractivity contribution < 1.29 is 27.9 Å². The standard InChI is InChI=1S/C20H30N2O6S/c1-5-21(6-2)29(26,27)16-10-11-18(23)17(12-16)20(25)28-13-19(24)22-14(3)8-7-9-15(22)4/h10-12,14-15,23H,5-9,13H2,1-4H3. The maximum absolute atomic E-state index is 12.7. The number of hydrogen-bond acceptors (Lipinski definition) is 6. The van der Waals surface area contributed by atoms with E-state index in [1.165, 1.54) is 10.4 Å². The first-order valence-electron chi connectivity index (χ1n) is 9.94. The first-order valence-corrected chi connectivity index (χ1v) is 11.4. The highest BCUT2D eigenvalue weighted by Crippen LogP contribution is 2.25. The molecule has 0 radical (unpaired) electrons. The van der Waals surface area contributed by atoms with Gasteiger partial charge in [0.15, 0.2) is 6.61 Å². The van der Waals surface area contributed by atoms with Crippen molar-refractivity contribution in [3.63, 3.8) is 0 Å². The molecule has 162 valence electrons. The lowest BCUT2D eigenvalue weighted by atomic mass is 9.97. The molecule has 1 fully saturated rings. The van der Waals surface area contributed by atoms with E-state index in [9.17, 15) is 23.1 Å². The van der Waals surface area contributed by atoms with E-state index in [-0.39, 0.29) is 41.5 Å². The highest BCUT2D eigenvalue weighted by molar-refractivity contribution is 7.89. The molecular weight excluding hydrogens is 396 g/mol. The largest absolute Gasteiger partial charge is 0.507 e. The third kappa shape index (κ3) is 5.08. The molecule has 0 bridgehead atoms. The summed E-state index contributed by atoms with van der Waals surface area (Å²) in [7, 11) is -3.80. The number of phenols is 1. The smallest absolute Gasteiger partial charge is 0.342 e. The summed E-state index contributed by atoms with van der Waals surface area (Å²) >= 11 is 0. The maximum atomic E-state index is 12.7. The fourth-order valence-electron chi connectivity index (χ4n) is 3.74. The molecule has 1 amide bonds. The van der Waals surface area contributed by atoms with Crippen LogP contribution in [-0.4, -0.2) is 66.4 Å². The van der Waals surface area contributed by atoms with Gasteiger partial charge < -0.3 is 14.7 Å². The number of benzene rings is 1. The number of amides is 1. The molecule has 2 atom stereocenters. The Bertz CT molecular complexity index is 841. The summed E-state index contributed by atoms with van der Waals surface area (Å²) in [5.74, 6) is -1.64. The lowest BCUT2D eigenvalue weighted by molar-refractivity contribution is -0.140. The number of aromatic hydroxyl groups is 1. The van der Waals surface area contributed by atoms with E-state index in [2.05, 4.69) is 0 Å². The van der Waals surface area contributed by atoms with Crippen molar-refractivity contribution in [1.82, 2.24) is 9.21 Å². The van der Waals surface area contributed by atoms with Crippen LogP contribution in [0.1, 0.15) is 57.3 Å². The normalized spacial score (nSPS) is 20.0. The number of ether oxygens (including phenoxy) is 1. The Labute approximate surface area is 172 Å². The lowest BCUT2D eigenvalue weighted by Crippen LogP contribution is -2.49. The zero-order valence-electron chi connectivity index (χ0n) is 17.4. The summed E-state index contributed by atoms with van der Waals surface area (Å²) in [6, 6.07) is 3.61. The van der Waals surface area contributed by atoms with Gasteiger partial charge in [-0.15, -0.1) is 0 Å². The Kier molecular flexibility index (Phi) is 7.65. The minimum absolute atomic E-state index is 0.0703. The van der Waals surface area contributed by atoms with E-state index in [0.29, 0.717) is 0 Å². The second kappa shape index (κ2) is 9.58. The first-order chi connectivity index (χ1) is 13.6. The highest BCUT2D eigenvalue weighted by atomic mass is 32.2. The van der Waals surface area contributed by atoms with Gasteiger partial charge in [-0.2, -0.15) is 4.31 Å². The van der Waals surface area contributed by atoms with E-state index in [1.807, 2.05) is 13.8 Å². The van der Waals surface area contributed by atoms with Crippen molar-refractivity contribution in [2.24, 2.45) is 0 Å². The summed E-state index contributed by atoms with van der Waals surface area (Å²) in [5, 5.41) is 10.0. The molecule has 1 saturated heterocycles. The Hall–Kier alpha value is -2.13. The molecular formula is C20H30N2O6S. The predicted molar refractivity (Wildman–Crippen MR) is 108 cm³/mol. The van der Waals surface area contributed by atoms with Gasteiger partial charge in [0.25, 0.3) is 5.91 Å². The lowest BCUT2D eigenvalue weighted by Gasteiger charge is -2.38. The monoisotopic (exact) mass is 426 g/mol. The number of rotatable bonds is 7. The van der Waals surface area contributed by atoms with Crippen LogP contribution in [0.4, 0.5) is 0 Å². The van der Waals surface area contributed by atoms with Crippen LogP contribution in [-0.2, 0) is 19.6 Å². The van der Waals surface area contributed by atoms with Crippen molar-refractivity contribution in [2.45, 2.75) is 63.9 Å². The van der Waals surface area contributed by atoms with Crippen LogP contribution < -0.4 is 0 Å². The summed E-state index contributed by atoms with van der Waals surface area (Å²) < 4.78 is 31.7. The first kappa shape index (κ1) is 23.2. The molecule has 0 aromatic heterocycles. The van der Waals surface area contributed by atoms with Crippen molar-refractivity contribution in [2.75, 3.05) is 19.7 Å². The number of sulfonamides is 1. The topological polar surface area (TPSA) is 104 Å². The molecule has 1 aromatic carbocycles. The van der Waals surface area contributed by atoms with Crippen LogP contribution in [0.3, 0.4) is 0 Å². The van der Waals surface area contributed by atoms with Crippen LogP contribution in [0.2, 0.25) is 0 Å². The van der Waals surface area contributed by atoms with Crippen LogP contribution in [0.25, 0.3) is 0 Å². The Morgan fingerprint density at radius 1 is 1.17 bits per heavy atom. The Morgan fingerprint density at radius 3 is 2.31 bits per heavy atom. The summed E-state index contributed by atoms with van der Waals surface area (Å²) in [5.41, 5.74) is -0.286. The molecule has 9 heteroatoms. The number of phenolic OH excluding ortho intramolecular Hbond substituents is 1. The number of esters is 1. The van der Waals surface area contributed by atoms with Crippen molar-refractivity contribution in [3.05, 3.63) is 23.8 Å². The third-order valence-electron chi connectivity index (χ3n) is 5.34. The van der Waals surface area contributed by atoms with Gasteiger partial charge in [0.2, 0.25) is 10.0 Å². The van der Waals surface area contributed by atoms with E-state index in [0.717, 1.165) is 31.4 Å². The Balaban J connectivity index is 2.16. The van der Waals surface area contributed by atoms with Crippen LogP contribution in [0.15, 0.2) is 23.1 Å². The van der Waals surface area contributed by atoms with E-state index < -0.39 is 28.3 Å². The summed E-state index contributed by atoms with van der Waals surface area (Å²) in [4.78, 5) is 26.6. The molecule has 1 aliphatic rings. The Morgan fingerprint density at radius 2 is 1.76 bits per heavy atom. The number of carbonyl (C=O) groups is 2. The summed E-state index contributed by atoms with van der Waals surface area (Å²) in [6.45, 7) is 7.45.